The number of hydrogen-bond donors (Lipinski definition) is 1. The van der Waals surface area contributed by atoms with Gasteiger partial charge in [0, 0.05) is 34.5 Å². The third-order valence-electron chi connectivity index (χ3n) is 2.78. The molecule has 2 N–H and O–H groups in total. The highest BCUT2D eigenvalue weighted by atomic mass is 32.2. The summed E-state index contributed by atoms with van der Waals surface area (Å²) in [5, 5.41) is 2.08. The van der Waals surface area contributed by atoms with Gasteiger partial charge in [0.1, 0.15) is 5.82 Å². The number of nitrogens with zero attached hydrogens (tertiary/aromatic N) is 3. The predicted octanol–water partition coefficient (Wildman–Crippen LogP) is 3.38. The molecule has 0 saturated carbocycles. The number of pyridine rings is 1. The average molecular weight is 288 g/mol. The number of fused-ring (bicyclic) bond motifs is 1. The van der Waals surface area contributed by atoms with E-state index >= 15 is 0 Å². The number of aromatic nitrogens is 3. The van der Waals surface area contributed by atoms with Crippen molar-refractivity contribution >= 4 is 39.8 Å². The van der Waals surface area contributed by atoms with Gasteiger partial charge >= 0.3 is 0 Å². The minimum Gasteiger partial charge on any atom is -0.397 e. The summed E-state index contributed by atoms with van der Waals surface area (Å²) < 4.78 is 5.21. The lowest BCUT2D eigenvalue weighted by Crippen LogP contribution is -1.91. The zero-order valence-electron chi connectivity index (χ0n) is 10.3. The van der Waals surface area contributed by atoms with Crippen LogP contribution in [0.15, 0.2) is 39.8 Å². The summed E-state index contributed by atoms with van der Waals surface area (Å²) in [5.74, 6) is 0.885. The highest BCUT2D eigenvalue weighted by Crippen LogP contribution is 2.36. The van der Waals surface area contributed by atoms with E-state index in [1.54, 1.807) is 18.0 Å². The molecule has 2 aromatic heterocycles. The van der Waals surface area contributed by atoms with E-state index in [-0.39, 0.29) is 0 Å². The molecule has 19 heavy (non-hydrogen) atoms. The van der Waals surface area contributed by atoms with Crippen LogP contribution in [-0.4, -0.2) is 14.3 Å². The van der Waals surface area contributed by atoms with E-state index in [2.05, 4.69) is 14.3 Å². The van der Waals surface area contributed by atoms with Crippen LogP contribution in [0, 0.1) is 0 Å². The van der Waals surface area contributed by atoms with Crippen molar-refractivity contribution in [3.8, 4) is 0 Å². The number of hydrogen-bond acceptors (Lipinski definition) is 6. The van der Waals surface area contributed by atoms with E-state index in [0.717, 1.165) is 37.9 Å². The maximum atomic E-state index is 6.21. The van der Waals surface area contributed by atoms with Crippen molar-refractivity contribution in [2.24, 2.45) is 0 Å². The lowest BCUT2D eigenvalue weighted by atomic mass is 10.1. The van der Waals surface area contributed by atoms with Gasteiger partial charge in [-0.3, -0.25) is 4.98 Å². The quantitative estimate of drug-likeness (QED) is 0.748. The zero-order valence-corrected chi connectivity index (χ0v) is 12.0. The molecule has 0 fully saturated rings. The first-order valence-corrected chi connectivity index (χ1v) is 7.49. The SMILES string of the molecule is CCc1nsc(Sc2ccc3cnccc3c2N)n1. The first-order valence-electron chi connectivity index (χ1n) is 5.90. The van der Waals surface area contributed by atoms with Gasteiger partial charge in [0.2, 0.25) is 0 Å². The molecule has 0 amide bonds. The Labute approximate surface area is 119 Å². The Morgan fingerprint density at radius 3 is 3.00 bits per heavy atom. The Kier molecular flexibility index (Phi) is 3.35. The second-order valence-corrected chi connectivity index (χ2v) is 6.05. The van der Waals surface area contributed by atoms with E-state index in [0.29, 0.717) is 0 Å². The Morgan fingerprint density at radius 1 is 1.32 bits per heavy atom. The summed E-state index contributed by atoms with van der Waals surface area (Å²) >= 11 is 2.98. The van der Waals surface area contributed by atoms with E-state index in [4.69, 9.17) is 5.73 Å². The smallest absolute Gasteiger partial charge is 0.174 e. The molecule has 0 aliphatic heterocycles. The Bertz CT molecular complexity index is 723. The molecule has 0 saturated heterocycles. The van der Waals surface area contributed by atoms with Gasteiger partial charge in [-0.1, -0.05) is 24.8 Å². The molecule has 1 aromatic carbocycles. The van der Waals surface area contributed by atoms with E-state index < -0.39 is 0 Å². The second kappa shape index (κ2) is 5.14. The maximum absolute atomic E-state index is 6.21. The number of anilines is 1. The van der Waals surface area contributed by atoms with Gasteiger partial charge in [0.25, 0.3) is 0 Å². The summed E-state index contributed by atoms with van der Waals surface area (Å²) in [6, 6.07) is 5.98. The van der Waals surface area contributed by atoms with E-state index in [1.807, 2.05) is 31.3 Å². The molecule has 96 valence electrons. The molecule has 0 radical (unpaired) electrons. The first kappa shape index (κ1) is 12.4. The Morgan fingerprint density at radius 2 is 2.21 bits per heavy atom. The fourth-order valence-electron chi connectivity index (χ4n) is 1.78. The second-order valence-electron chi connectivity index (χ2n) is 4.01. The third kappa shape index (κ3) is 2.41. The fourth-order valence-corrected chi connectivity index (χ4v) is 3.50. The topological polar surface area (TPSA) is 64.7 Å². The molecule has 0 unspecified atom stereocenters. The molecule has 3 aromatic rings. The van der Waals surface area contributed by atoms with Crippen LogP contribution in [0.5, 0.6) is 0 Å². The lowest BCUT2D eigenvalue weighted by Gasteiger charge is -2.06. The highest BCUT2D eigenvalue weighted by Gasteiger charge is 2.09. The predicted molar refractivity (Wildman–Crippen MR) is 79.6 cm³/mol. The molecule has 4 nitrogen and oxygen atoms in total. The van der Waals surface area contributed by atoms with Crippen LogP contribution in [0.3, 0.4) is 0 Å². The van der Waals surface area contributed by atoms with Crippen LogP contribution in [0.25, 0.3) is 10.8 Å². The standard InChI is InChI=1S/C13H12N4S2/c1-2-11-16-13(19-17-11)18-10-4-3-8-7-15-6-5-9(8)12(10)14/h3-7H,2,14H2,1H3. The van der Waals surface area contributed by atoms with Crippen molar-refractivity contribution in [1.29, 1.82) is 0 Å². The van der Waals surface area contributed by atoms with Crippen LogP contribution >= 0.6 is 23.3 Å². The van der Waals surface area contributed by atoms with Crippen molar-refractivity contribution in [2.45, 2.75) is 22.6 Å². The fraction of sp³-hybridized carbons (Fsp3) is 0.154. The van der Waals surface area contributed by atoms with E-state index in [1.165, 1.54) is 11.5 Å². The normalized spacial score (nSPS) is 11.0. The van der Waals surface area contributed by atoms with Gasteiger partial charge < -0.3 is 5.73 Å². The average Bonchev–Trinajstić information content (AvgIpc) is 2.90. The summed E-state index contributed by atoms with van der Waals surface area (Å²) in [6.45, 7) is 2.05. The molecule has 0 atom stereocenters. The molecule has 0 bridgehead atoms. The largest absolute Gasteiger partial charge is 0.397 e. The van der Waals surface area contributed by atoms with Crippen molar-refractivity contribution in [3.63, 3.8) is 0 Å². The van der Waals surface area contributed by atoms with Crippen molar-refractivity contribution in [2.75, 3.05) is 5.73 Å². The summed E-state index contributed by atoms with van der Waals surface area (Å²) in [5.41, 5.74) is 6.99. The summed E-state index contributed by atoms with van der Waals surface area (Å²) in [6.07, 6.45) is 4.43. The highest BCUT2D eigenvalue weighted by molar-refractivity contribution is 8.01. The Hall–Kier alpha value is -1.66. The molecular formula is C13H12N4S2. The van der Waals surface area contributed by atoms with Gasteiger partial charge in [-0.25, -0.2) is 4.98 Å². The minimum atomic E-state index is 0.776. The molecule has 6 heteroatoms. The number of nitrogens with two attached hydrogens (primary N) is 1. The number of nitrogen functional groups attached to an aromatic ring is 1. The van der Waals surface area contributed by atoms with Crippen molar-refractivity contribution < 1.29 is 0 Å². The van der Waals surface area contributed by atoms with Crippen LogP contribution in [-0.2, 0) is 6.42 Å². The van der Waals surface area contributed by atoms with Gasteiger partial charge in [-0.05, 0) is 23.7 Å². The Balaban J connectivity index is 1.98. The van der Waals surface area contributed by atoms with Gasteiger partial charge in [-0.2, -0.15) is 4.37 Å². The van der Waals surface area contributed by atoms with Gasteiger partial charge in [0.15, 0.2) is 4.34 Å². The van der Waals surface area contributed by atoms with Crippen LogP contribution in [0.2, 0.25) is 0 Å². The van der Waals surface area contributed by atoms with Crippen LogP contribution in [0.1, 0.15) is 12.7 Å². The number of benzene rings is 1. The molecule has 3 rings (SSSR count). The monoisotopic (exact) mass is 288 g/mol. The summed E-state index contributed by atoms with van der Waals surface area (Å²) in [7, 11) is 0. The van der Waals surface area contributed by atoms with Crippen LogP contribution < -0.4 is 5.73 Å². The van der Waals surface area contributed by atoms with Gasteiger partial charge in [0.05, 0.1) is 5.69 Å². The van der Waals surface area contributed by atoms with Crippen molar-refractivity contribution in [1.82, 2.24) is 14.3 Å². The molecule has 2 heterocycles. The molecule has 0 spiro atoms. The van der Waals surface area contributed by atoms with E-state index in [9.17, 15) is 0 Å². The minimum absolute atomic E-state index is 0.776. The zero-order chi connectivity index (χ0) is 13.2. The third-order valence-corrected chi connectivity index (χ3v) is 4.65. The number of aryl methyl sites for hydroxylation is 1. The molecule has 0 aliphatic rings. The summed E-state index contributed by atoms with van der Waals surface area (Å²) in [4.78, 5) is 9.56. The van der Waals surface area contributed by atoms with Gasteiger partial charge in [-0.15, -0.1) is 0 Å². The van der Waals surface area contributed by atoms with Crippen molar-refractivity contribution in [3.05, 3.63) is 36.4 Å². The first-order chi connectivity index (χ1) is 9.28. The molecule has 0 aliphatic carbocycles. The lowest BCUT2D eigenvalue weighted by molar-refractivity contribution is 0.972. The number of rotatable bonds is 3. The van der Waals surface area contributed by atoms with Crippen LogP contribution in [0.4, 0.5) is 5.69 Å². The maximum Gasteiger partial charge on any atom is 0.174 e. The molecular weight excluding hydrogens is 276 g/mol.